The second-order valence-electron chi connectivity index (χ2n) is 4.18. The van der Waals surface area contributed by atoms with Gasteiger partial charge in [0.05, 0.1) is 4.90 Å². The SMILES string of the molecule is CN(C)S(=O)(=O)c1ccc(C(=O)Nc2n[nH]c(=S)s2)cc1. The molecule has 2 N–H and O–H groups in total. The van der Waals surface area contributed by atoms with E-state index in [1.165, 1.54) is 38.4 Å². The summed E-state index contributed by atoms with van der Waals surface area (Å²) >= 11 is 6.00. The number of benzene rings is 1. The van der Waals surface area contributed by atoms with E-state index in [2.05, 4.69) is 15.5 Å². The van der Waals surface area contributed by atoms with E-state index in [4.69, 9.17) is 12.2 Å². The van der Waals surface area contributed by atoms with Crippen LogP contribution in [0.3, 0.4) is 0 Å². The van der Waals surface area contributed by atoms with E-state index in [9.17, 15) is 13.2 Å². The molecule has 0 unspecified atom stereocenters. The van der Waals surface area contributed by atoms with Gasteiger partial charge >= 0.3 is 0 Å². The summed E-state index contributed by atoms with van der Waals surface area (Å²) in [6.45, 7) is 0. The number of nitrogens with zero attached hydrogens (tertiary/aromatic N) is 2. The molecule has 1 amide bonds. The summed E-state index contributed by atoms with van der Waals surface area (Å²) in [6.07, 6.45) is 0. The average Bonchev–Trinajstić information content (AvgIpc) is 2.84. The molecule has 1 heterocycles. The quantitative estimate of drug-likeness (QED) is 0.823. The first-order valence-electron chi connectivity index (χ1n) is 5.70. The summed E-state index contributed by atoms with van der Waals surface area (Å²) < 4.78 is 25.4. The zero-order valence-corrected chi connectivity index (χ0v) is 13.6. The fourth-order valence-corrected chi connectivity index (χ4v) is 3.13. The minimum atomic E-state index is -3.50. The van der Waals surface area contributed by atoms with Crippen LogP contribution in [0.1, 0.15) is 10.4 Å². The maximum Gasteiger partial charge on any atom is 0.257 e. The van der Waals surface area contributed by atoms with Gasteiger partial charge in [-0.2, -0.15) is 0 Å². The van der Waals surface area contributed by atoms with Gasteiger partial charge in [-0.15, -0.1) is 5.10 Å². The van der Waals surface area contributed by atoms with Crippen LogP contribution in [0.2, 0.25) is 0 Å². The van der Waals surface area contributed by atoms with Crippen LogP contribution in [0.5, 0.6) is 0 Å². The molecule has 0 radical (unpaired) electrons. The van der Waals surface area contributed by atoms with Crippen molar-refractivity contribution in [3.63, 3.8) is 0 Å². The van der Waals surface area contributed by atoms with Crippen LogP contribution in [0.4, 0.5) is 5.13 Å². The van der Waals surface area contributed by atoms with Crippen molar-refractivity contribution >= 4 is 44.6 Å². The third kappa shape index (κ3) is 3.53. The van der Waals surface area contributed by atoms with Gasteiger partial charge in [0.25, 0.3) is 5.91 Å². The highest BCUT2D eigenvalue weighted by molar-refractivity contribution is 7.89. The van der Waals surface area contributed by atoms with Crippen LogP contribution in [0.25, 0.3) is 0 Å². The highest BCUT2D eigenvalue weighted by atomic mass is 32.2. The molecule has 0 spiro atoms. The second kappa shape index (κ2) is 6.02. The van der Waals surface area contributed by atoms with Crippen molar-refractivity contribution in [3.05, 3.63) is 33.8 Å². The molecule has 0 bridgehead atoms. The largest absolute Gasteiger partial charge is 0.296 e. The van der Waals surface area contributed by atoms with Crippen molar-refractivity contribution in [1.82, 2.24) is 14.5 Å². The fraction of sp³-hybridized carbons (Fsp3) is 0.182. The number of amides is 1. The van der Waals surface area contributed by atoms with Gasteiger partial charge in [-0.3, -0.25) is 15.2 Å². The van der Waals surface area contributed by atoms with E-state index in [1.807, 2.05) is 0 Å². The normalized spacial score (nSPS) is 11.6. The van der Waals surface area contributed by atoms with Gasteiger partial charge in [-0.05, 0) is 36.5 Å². The third-order valence-corrected chi connectivity index (χ3v) is 5.39. The van der Waals surface area contributed by atoms with Crippen LogP contribution in [0, 0.1) is 3.95 Å². The summed E-state index contributed by atoms with van der Waals surface area (Å²) in [7, 11) is -0.611. The van der Waals surface area contributed by atoms with E-state index < -0.39 is 10.0 Å². The highest BCUT2D eigenvalue weighted by Crippen LogP contribution is 2.16. The van der Waals surface area contributed by atoms with Crippen LogP contribution in [-0.2, 0) is 10.0 Å². The molecular weight excluding hydrogens is 332 g/mol. The Kier molecular flexibility index (Phi) is 4.52. The number of sulfonamides is 1. The van der Waals surface area contributed by atoms with Gasteiger partial charge in [0.1, 0.15) is 0 Å². The molecule has 0 fully saturated rings. The Morgan fingerprint density at radius 1 is 1.33 bits per heavy atom. The average molecular weight is 344 g/mol. The minimum absolute atomic E-state index is 0.125. The molecule has 2 rings (SSSR count). The first-order valence-corrected chi connectivity index (χ1v) is 8.36. The predicted molar refractivity (Wildman–Crippen MR) is 82.6 cm³/mol. The molecular formula is C11H12N4O3S3. The molecule has 7 nitrogen and oxygen atoms in total. The summed E-state index contributed by atoms with van der Waals surface area (Å²) in [4.78, 5) is 12.1. The number of anilines is 1. The van der Waals surface area contributed by atoms with E-state index in [0.717, 1.165) is 15.6 Å². The van der Waals surface area contributed by atoms with Gasteiger partial charge in [-0.1, -0.05) is 11.3 Å². The van der Waals surface area contributed by atoms with Crippen molar-refractivity contribution in [1.29, 1.82) is 0 Å². The lowest BCUT2D eigenvalue weighted by Gasteiger charge is -2.11. The number of hydrogen-bond acceptors (Lipinski definition) is 6. The smallest absolute Gasteiger partial charge is 0.257 e. The van der Waals surface area contributed by atoms with Crippen LogP contribution < -0.4 is 5.32 Å². The Hall–Kier alpha value is -1.62. The molecule has 0 saturated heterocycles. The molecule has 112 valence electrons. The lowest BCUT2D eigenvalue weighted by atomic mass is 10.2. The zero-order chi connectivity index (χ0) is 15.6. The lowest BCUT2D eigenvalue weighted by molar-refractivity contribution is 0.102. The molecule has 10 heteroatoms. The number of carbonyl (C=O) groups excluding carboxylic acids is 1. The Bertz CT molecular complexity index is 806. The van der Waals surface area contributed by atoms with Gasteiger partial charge < -0.3 is 0 Å². The third-order valence-electron chi connectivity index (χ3n) is 2.55. The molecule has 1 aromatic carbocycles. The lowest BCUT2D eigenvalue weighted by Crippen LogP contribution is -2.22. The van der Waals surface area contributed by atoms with Crippen molar-refractivity contribution in [2.24, 2.45) is 0 Å². The molecule has 21 heavy (non-hydrogen) atoms. The molecule has 2 aromatic rings. The van der Waals surface area contributed by atoms with Crippen LogP contribution in [-0.4, -0.2) is 42.9 Å². The van der Waals surface area contributed by atoms with E-state index >= 15 is 0 Å². The molecule has 0 aliphatic heterocycles. The first-order chi connectivity index (χ1) is 9.80. The Balaban J connectivity index is 2.19. The number of H-pyrrole nitrogens is 1. The first kappa shape index (κ1) is 15.8. The number of aromatic nitrogens is 2. The maximum absolute atomic E-state index is 12.0. The standard InChI is InChI=1S/C11H12N4O3S3/c1-15(2)21(17,18)8-5-3-7(4-6-8)9(16)12-10-13-14-11(19)20-10/h3-6H,1-2H3,(H,14,19)(H,12,13,16). The summed E-state index contributed by atoms with van der Waals surface area (Å²) in [6, 6.07) is 5.66. The Morgan fingerprint density at radius 2 is 1.95 bits per heavy atom. The highest BCUT2D eigenvalue weighted by Gasteiger charge is 2.17. The topological polar surface area (TPSA) is 95.2 Å². The zero-order valence-electron chi connectivity index (χ0n) is 11.2. The second-order valence-corrected chi connectivity index (χ2v) is 8.00. The number of carbonyl (C=O) groups is 1. The van der Waals surface area contributed by atoms with Crippen molar-refractivity contribution in [3.8, 4) is 0 Å². The molecule has 0 saturated carbocycles. The molecule has 0 aliphatic carbocycles. The monoisotopic (exact) mass is 344 g/mol. The Labute approximate surface area is 130 Å². The molecule has 1 aromatic heterocycles. The molecule has 0 atom stereocenters. The van der Waals surface area contributed by atoms with Gasteiger partial charge in [0, 0.05) is 19.7 Å². The van der Waals surface area contributed by atoms with E-state index in [1.54, 1.807) is 0 Å². The summed E-state index contributed by atoms with van der Waals surface area (Å²) in [5.41, 5.74) is 0.328. The van der Waals surface area contributed by atoms with Crippen molar-refractivity contribution in [2.45, 2.75) is 4.90 Å². The minimum Gasteiger partial charge on any atom is -0.296 e. The van der Waals surface area contributed by atoms with E-state index in [-0.39, 0.29) is 10.8 Å². The van der Waals surface area contributed by atoms with Crippen LogP contribution >= 0.6 is 23.6 Å². The fourth-order valence-electron chi connectivity index (χ4n) is 1.44. The van der Waals surface area contributed by atoms with Crippen LogP contribution in [0.15, 0.2) is 29.2 Å². The summed E-state index contributed by atoms with van der Waals surface area (Å²) in [5, 5.41) is 9.29. The van der Waals surface area contributed by atoms with Gasteiger partial charge in [0.15, 0.2) is 3.95 Å². The van der Waals surface area contributed by atoms with E-state index in [0.29, 0.717) is 14.6 Å². The summed E-state index contributed by atoms with van der Waals surface area (Å²) in [5.74, 6) is -0.387. The maximum atomic E-state index is 12.0. The van der Waals surface area contributed by atoms with Gasteiger partial charge in [0.2, 0.25) is 15.2 Å². The number of nitrogens with one attached hydrogen (secondary N) is 2. The van der Waals surface area contributed by atoms with Gasteiger partial charge in [-0.25, -0.2) is 12.7 Å². The Morgan fingerprint density at radius 3 is 2.43 bits per heavy atom. The van der Waals surface area contributed by atoms with Crippen molar-refractivity contribution < 1.29 is 13.2 Å². The molecule has 0 aliphatic rings. The predicted octanol–water partition coefficient (Wildman–Crippen LogP) is 1.70. The van der Waals surface area contributed by atoms with Crippen molar-refractivity contribution in [2.75, 3.05) is 19.4 Å². The number of aromatic amines is 1. The number of rotatable bonds is 4. The number of hydrogen-bond donors (Lipinski definition) is 2.